The summed E-state index contributed by atoms with van der Waals surface area (Å²) in [7, 11) is 0. The molecule has 0 aliphatic heterocycles. The SMILES string of the molecule is CC1CCC(Oc2ccc(C(=N)N)nc2)CC1. The number of rotatable bonds is 3. The standard InChI is InChI=1S/C13H19N3O/c1-9-2-4-10(5-3-9)17-11-6-7-12(13(14)15)16-8-11/h6-10H,2-5H2,1H3,(H3,14,15). The van der Waals surface area contributed by atoms with Crippen LogP contribution in [0.1, 0.15) is 38.3 Å². The summed E-state index contributed by atoms with van der Waals surface area (Å²) in [5, 5.41) is 7.26. The minimum atomic E-state index is -0.0111. The molecule has 0 saturated heterocycles. The Kier molecular flexibility index (Phi) is 3.61. The molecular weight excluding hydrogens is 214 g/mol. The van der Waals surface area contributed by atoms with Crippen molar-refractivity contribution in [1.29, 1.82) is 5.41 Å². The second-order valence-electron chi connectivity index (χ2n) is 4.79. The molecule has 0 spiro atoms. The largest absolute Gasteiger partial charge is 0.489 e. The molecule has 0 amide bonds. The zero-order valence-electron chi connectivity index (χ0n) is 10.1. The van der Waals surface area contributed by atoms with Crippen LogP contribution in [0.2, 0.25) is 0 Å². The third-order valence-electron chi connectivity index (χ3n) is 3.28. The van der Waals surface area contributed by atoms with Gasteiger partial charge in [-0.1, -0.05) is 6.92 Å². The second-order valence-corrected chi connectivity index (χ2v) is 4.79. The van der Waals surface area contributed by atoms with Gasteiger partial charge in [-0.05, 0) is 43.7 Å². The molecule has 1 heterocycles. The van der Waals surface area contributed by atoms with Crippen LogP contribution in [0, 0.1) is 11.3 Å². The van der Waals surface area contributed by atoms with Crippen molar-refractivity contribution in [3.05, 3.63) is 24.0 Å². The molecule has 4 nitrogen and oxygen atoms in total. The molecule has 4 heteroatoms. The predicted octanol–water partition coefficient (Wildman–Crippen LogP) is 2.32. The van der Waals surface area contributed by atoms with Gasteiger partial charge in [0.15, 0.2) is 0 Å². The monoisotopic (exact) mass is 233 g/mol. The van der Waals surface area contributed by atoms with Crippen LogP contribution in [0.5, 0.6) is 5.75 Å². The summed E-state index contributed by atoms with van der Waals surface area (Å²) in [5.41, 5.74) is 5.84. The Hall–Kier alpha value is -1.58. The van der Waals surface area contributed by atoms with Crippen LogP contribution in [0.25, 0.3) is 0 Å². The molecule has 0 unspecified atom stereocenters. The van der Waals surface area contributed by atoms with E-state index in [1.165, 1.54) is 12.8 Å². The highest BCUT2D eigenvalue weighted by atomic mass is 16.5. The number of nitrogen functional groups attached to an aromatic ring is 1. The van der Waals surface area contributed by atoms with Crippen molar-refractivity contribution in [2.45, 2.75) is 38.7 Å². The van der Waals surface area contributed by atoms with E-state index in [2.05, 4.69) is 11.9 Å². The maximum atomic E-state index is 7.26. The van der Waals surface area contributed by atoms with E-state index in [-0.39, 0.29) is 5.84 Å². The molecule has 17 heavy (non-hydrogen) atoms. The fourth-order valence-electron chi connectivity index (χ4n) is 2.15. The van der Waals surface area contributed by atoms with Crippen LogP contribution < -0.4 is 10.5 Å². The number of pyridine rings is 1. The fraction of sp³-hybridized carbons (Fsp3) is 0.538. The van der Waals surface area contributed by atoms with E-state index >= 15 is 0 Å². The molecule has 1 aromatic heterocycles. The van der Waals surface area contributed by atoms with Gasteiger partial charge in [0, 0.05) is 0 Å². The zero-order valence-corrected chi connectivity index (χ0v) is 10.1. The van der Waals surface area contributed by atoms with Crippen LogP contribution >= 0.6 is 0 Å². The van der Waals surface area contributed by atoms with Gasteiger partial charge in [-0.15, -0.1) is 0 Å². The van der Waals surface area contributed by atoms with Gasteiger partial charge in [0.25, 0.3) is 0 Å². The third-order valence-corrected chi connectivity index (χ3v) is 3.28. The molecule has 2 rings (SSSR count). The second kappa shape index (κ2) is 5.17. The highest BCUT2D eigenvalue weighted by Gasteiger charge is 2.19. The number of nitrogens with one attached hydrogen (secondary N) is 1. The number of amidine groups is 1. The summed E-state index contributed by atoms with van der Waals surface area (Å²) < 4.78 is 5.86. The van der Waals surface area contributed by atoms with Crippen LogP contribution in [-0.4, -0.2) is 16.9 Å². The maximum Gasteiger partial charge on any atom is 0.141 e. The van der Waals surface area contributed by atoms with Gasteiger partial charge in [0.2, 0.25) is 0 Å². The van der Waals surface area contributed by atoms with Crippen LogP contribution in [0.3, 0.4) is 0 Å². The van der Waals surface area contributed by atoms with Gasteiger partial charge in [0.05, 0.1) is 12.3 Å². The lowest BCUT2D eigenvalue weighted by Crippen LogP contribution is -2.23. The van der Waals surface area contributed by atoms with Crippen molar-refractivity contribution >= 4 is 5.84 Å². The molecule has 0 bridgehead atoms. The highest BCUT2D eigenvalue weighted by Crippen LogP contribution is 2.26. The Morgan fingerprint density at radius 3 is 2.59 bits per heavy atom. The molecule has 0 aromatic carbocycles. The van der Waals surface area contributed by atoms with Crippen LogP contribution in [0.4, 0.5) is 0 Å². The van der Waals surface area contributed by atoms with Crippen molar-refractivity contribution < 1.29 is 4.74 Å². The summed E-state index contributed by atoms with van der Waals surface area (Å²) in [5.74, 6) is 1.59. The summed E-state index contributed by atoms with van der Waals surface area (Å²) in [6.45, 7) is 2.29. The van der Waals surface area contributed by atoms with Crippen LogP contribution in [0.15, 0.2) is 18.3 Å². The van der Waals surface area contributed by atoms with Gasteiger partial charge < -0.3 is 10.5 Å². The molecule has 92 valence electrons. The first-order valence-corrected chi connectivity index (χ1v) is 6.12. The lowest BCUT2D eigenvalue weighted by molar-refractivity contribution is 0.135. The first kappa shape index (κ1) is 11.9. The van der Waals surface area contributed by atoms with Crippen molar-refractivity contribution in [3.8, 4) is 5.75 Å². The average molecular weight is 233 g/mol. The van der Waals surface area contributed by atoms with Crippen molar-refractivity contribution in [2.75, 3.05) is 0 Å². The average Bonchev–Trinajstić information content (AvgIpc) is 2.33. The molecule has 0 radical (unpaired) electrons. The van der Waals surface area contributed by atoms with Crippen molar-refractivity contribution in [3.63, 3.8) is 0 Å². The molecule has 1 fully saturated rings. The van der Waals surface area contributed by atoms with E-state index in [1.54, 1.807) is 12.3 Å². The minimum absolute atomic E-state index is 0.0111. The fourth-order valence-corrected chi connectivity index (χ4v) is 2.15. The smallest absolute Gasteiger partial charge is 0.141 e. The predicted molar refractivity (Wildman–Crippen MR) is 67.3 cm³/mol. The Labute approximate surface area is 102 Å². The molecular formula is C13H19N3O. The van der Waals surface area contributed by atoms with Gasteiger partial charge in [0.1, 0.15) is 17.3 Å². The Morgan fingerprint density at radius 1 is 1.35 bits per heavy atom. The third kappa shape index (κ3) is 3.19. The molecule has 0 atom stereocenters. The zero-order chi connectivity index (χ0) is 12.3. The number of aromatic nitrogens is 1. The number of ether oxygens (including phenoxy) is 1. The topological polar surface area (TPSA) is 72.0 Å². The minimum Gasteiger partial charge on any atom is -0.489 e. The molecule has 1 aliphatic carbocycles. The van der Waals surface area contributed by atoms with Gasteiger partial charge in [-0.3, -0.25) is 5.41 Å². The van der Waals surface area contributed by atoms with E-state index in [0.717, 1.165) is 24.5 Å². The van der Waals surface area contributed by atoms with E-state index < -0.39 is 0 Å². The van der Waals surface area contributed by atoms with E-state index in [4.69, 9.17) is 15.9 Å². The normalized spacial score (nSPS) is 24.3. The quantitative estimate of drug-likeness (QED) is 0.621. The van der Waals surface area contributed by atoms with Gasteiger partial charge >= 0.3 is 0 Å². The summed E-state index contributed by atoms with van der Waals surface area (Å²) in [6.07, 6.45) is 6.68. The number of nitrogens with zero attached hydrogens (tertiary/aromatic N) is 1. The van der Waals surface area contributed by atoms with E-state index in [0.29, 0.717) is 11.8 Å². The van der Waals surface area contributed by atoms with Crippen molar-refractivity contribution in [2.24, 2.45) is 11.7 Å². The van der Waals surface area contributed by atoms with E-state index in [9.17, 15) is 0 Å². The summed E-state index contributed by atoms with van der Waals surface area (Å²) in [6, 6.07) is 3.56. The lowest BCUT2D eigenvalue weighted by atomic mass is 9.89. The van der Waals surface area contributed by atoms with E-state index in [1.807, 2.05) is 6.07 Å². The molecule has 1 aliphatic rings. The molecule has 3 N–H and O–H groups in total. The van der Waals surface area contributed by atoms with Crippen LogP contribution in [-0.2, 0) is 0 Å². The van der Waals surface area contributed by atoms with Gasteiger partial charge in [-0.25, -0.2) is 4.98 Å². The van der Waals surface area contributed by atoms with Crippen molar-refractivity contribution in [1.82, 2.24) is 4.98 Å². The highest BCUT2D eigenvalue weighted by molar-refractivity contribution is 5.92. The molecule has 1 aromatic rings. The molecule has 1 saturated carbocycles. The lowest BCUT2D eigenvalue weighted by Gasteiger charge is -2.26. The Morgan fingerprint density at radius 2 is 2.06 bits per heavy atom. The Bertz CT molecular complexity index is 380. The first-order valence-electron chi connectivity index (χ1n) is 6.12. The number of hydrogen-bond acceptors (Lipinski definition) is 3. The summed E-state index contributed by atoms with van der Waals surface area (Å²) >= 11 is 0. The maximum absolute atomic E-state index is 7.26. The Balaban J connectivity index is 1.92. The summed E-state index contributed by atoms with van der Waals surface area (Å²) in [4.78, 5) is 4.08. The van der Waals surface area contributed by atoms with Gasteiger partial charge in [-0.2, -0.15) is 0 Å². The first-order chi connectivity index (χ1) is 8.15. The number of nitrogens with two attached hydrogens (primary N) is 1. The number of hydrogen-bond donors (Lipinski definition) is 2.